The predicted molar refractivity (Wildman–Crippen MR) is 74.5 cm³/mol. The van der Waals surface area contributed by atoms with Crippen molar-refractivity contribution in [3.8, 4) is 5.75 Å². The number of urea groups is 1. The van der Waals surface area contributed by atoms with Gasteiger partial charge in [-0.1, -0.05) is 19.9 Å². The molecule has 0 spiro atoms. The standard InChI is InChI=1S/C14H20F2N2O2/c1-9(2)7-17-14(19)18-11-5-4-10(3)12(6-11)20-8-13(15)16/h4-6,9,13H,7-8H2,1-3H3,(H2,17,18,19). The Kier molecular flexibility index (Phi) is 6.21. The maximum Gasteiger partial charge on any atom is 0.319 e. The minimum atomic E-state index is -2.53. The fourth-order valence-electron chi connectivity index (χ4n) is 1.46. The third-order valence-electron chi connectivity index (χ3n) is 2.48. The first-order chi connectivity index (χ1) is 9.38. The van der Waals surface area contributed by atoms with E-state index in [1.54, 1.807) is 19.1 Å². The largest absolute Gasteiger partial charge is 0.487 e. The Bertz CT molecular complexity index is 451. The van der Waals surface area contributed by atoms with Crippen molar-refractivity contribution in [1.29, 1.82) is 0 Å². The smallest absolute Gasteiger partial charge is 0.319 e. The molecule has 0 heterocycles. The second-order valence-electron chi connectivity index (χ2n) is 4.91. The molecular weight excluding hydrogens is 266 g/mol. The van der Waals surface area contributed by atoms with Gasteiger partial charge in [-0.2, -0.15) is 0 Å². The second kappa shape index (κ2) is 7.67. The van der Waals surface area contributed by atoms with Crippen LogP contribution >= 0.6 is 0 Å². The fourth-order valence-corrected chi connectivity index (χ4v) is 1.46. The second-order valence-corrected chi connectivity index (χ2v) is 4.91. The first-order valence-corrected chi connectivity index (χ1v) is 6.45. The van der Waals surface area contributed by atoms with Gasteiger partial charge in [0.05, 0.1) is 0 Å². The average molecular weight is 286 g/mol. The zero-order valence-electron chi connectivity index (χ0n) is 11.9. The molecule has 0 unspecified atom stereocenters. The lowest BCUT2D eigenvalue weighted by molar-refractivity contribution is 0.0816. The first-order valence-electron chi connectivity index (χ1n) is 6.45. The molecule has 0 saturated carbocycles. The monoisotopic (exact) mass is 286 g/mol. The number of carbonyl (C=O) groups excluding carboxylic acids is 1. The Morgan fingerprint density at radius 2 is 2.05 bits per heavy atom. The van der Waals surface area contributed by atoms with Crippen molar-refractivity contribution in [2.45, 2.75) is 27.2 Å². The van der Waals surface area contributed by atoms with E-state index >= 15 is 0 Å². The molecule has 4 nitrogen and oxygen atoms in total. The number of aryl methyl sites for hydroxylation is 1. The minimum Gasteiger partial charge on any atom is -0.487 e. The molecule has 0 fully saturated rings. The average Bonchev–Trinajstić information content (AvgIpc) is 2.37. The molecule has 0 bridgehead atoms. The lowest BCUT2D eigenvalue weighted by Gasteiger charge is -2.12. The van der Waals surface area contributed by atoms with Crippen LogP contribution in [0.4, 0.5) is 19.3 Å². The number of rotatable bonds is 6. The van der Waals surface area contributed by atoms with Gasteiger partial charge in [-0.3, -0.25) is 0 Å². The molecule has 0 saturated heterocycles. The van der Waals surface area contributed by atoms with E-state index in [1.165, 1.54) is 6.07 Å². The van der Waals surface area contributed by atoms with E-state index in [9.17, 15) is 13.6 Å². The van der Waals surface area contributed by atoms with Gasteiger partial charge < -0.3 is 15.4 Å². The normalized spacial score (nSPS) is 10.8. The van der Waals surface area contributed by atoms with E-state index < -0.39 is 13.0 Å². The first kappa shape index (κ1) is 16.2. The quantitative estimate of drug-likeness (QED) is 0.842. The highest BCUT2D eigenvalue weighted by Crippen LogP contribution is 2.23. The van der Waals surface area contributed by atoms with Gasteiger partial charge in [0, 0.05) is 18.3 Å². The molecule has 1 rings (SSSR count). The summed E-state index contributed by atoms with van der Waals surface area (Å²) in [5, 5.41) is 5.34. The SMILES string of the molecule is Cc1ccc(NC(=O)NCC(C)C)cc1OCC(F)F. The van der Waals surface area contributed by atoms with Crippen LogP contribution in [-0.4, -0.2) is 25.6 Å². The minimum absolute atomic E-state index is 0.331. The van der Waals surface area contributed by atoms with Crippen LogP contribution in [-0.2, 0) is 0 Å². The number of anilines is 1. The molecule has 0 aliphatic heterocycles. The highest BCUT2D eigenvalue weighted by atomic mass is 19.3. The summed E-state index contributed by atoms with van der Waals surface area (Å²) in [5.74, 6) is 0.690. The molecule has 0 aromatic heterocycles. The number of ether oxygens (including phenoxy) is 1. The van der Waals surface area contributed by atoms with Crippen LogP contribution in [0.15, 0.2) is 18.2 Å². The van der Waals surface area contributed by atoms with Gasteiger partial charge in [0.2, 0.25) is 0 Å². The zero-order chi connectivity index (χ0) is 15.1. The summed E-state index contributed by atoms with van der Waals surface area (Å²) in [6, 6.07) is 4.60. The van der Waals surface area contributed by atoms with Crippen LogP contribution in [0.5, 0.6) is 5.75 Å². The number of benzene rings is 1. The number of carbonyl (C=O) groups is 1. The maximum absolute atomic E-state index is 12.1. The van der Waals surface area contributed by atoms with E-state index in [4.69, 9.17) is 4.74 Å². The van der Waals surface area contributed by atoms with Gasteiger partial charge in [-0.05, 0) is 24.5 Å². The fraction of sp³-hybridized carbons (Fsp3) is 0.500. The van der Waals surface area contributed by atoms with Crippen molar-refractivity contribution in [3.63, 3.8) is 0 Å². The number of amides is 2. The Balaban J connectivity index is 2.62. The van der Waals surface area contributed by atoms with Gasteiger partial charge in [0.1, 0.15) is 12.4 Å². The van der Waals surface area contributed by atoms with Crippen molar-refractivity contribution in [3.05, 3.63) is 23.8 Å². The van der Waals surface area contributed by atoms with E-state index in [0.717, 1.165) is 5.56 Å². The molecule has 0 aliphatic rings. The van der Waals surface area contributed by atoms with E-state index in [1.807, 2.05) is 13.8 Å². The Labute approximate surface area is 117 Å². The third-order valence-corrected chi connectivity index (χ3v) is 2.48. The molecule has 20 heavy (non-hydrogen) atoms. The van der Waals surface area contributed by atoms with Crippen LogP contribution in [0.2, 0.25) is 0 Å². The molecular formula is C14H20F2N2O2. The molecule has 0 aliphatic carbocycles. The highest BCUT2D eigenvalue weighted by Gasteiger charge is 2.08. The van der Waals surface area contributed by atoms with Crippen LogP contribution in [0, 0.1) is 12.8 Å². The molecule has 1 aromatic carbocycles. The summed E-state index contributed by atoms with van der Waals surface area (Å²) < 4.78 is 29.3. The van der Waals surface area contributed by atoms with Crippen LogP contribution < -0.4 is 15.4 Å². The van der Waals surface area contributed by atoms with Crippen molar-refractivity contribution in [1.82, 2.24) is 5.32 Å². The van der Waals surface area contributed by atoms with E-state index in [2.05, 4.69) is 10.6 Å². The highest BCUT2D eigenvalue weighted by molar-refractivity contribution is 5.89. The number of alkyl halides is 2. The third kappa shape index (κ3) is 5.86. The molecule has 6 heteroatoms. The van der Waals surface area contributed by atoms with Crippen LogP contribution in [0.25, 0.3) is 0 Å². The molecule has 1 aromatic rings. The van der Waals surface area contributed by atoms with Crippen LogP contribution in [0.1, 0.15) is 19.4 Å². The van der Waals surface area contributed by atoms with Crippen molar-refractivity contribution in [2.75, 3.05) is 18.5 Å². The lowest BCUT2D eigenvalue weighted by Crippen LogP contribution is -2.31. The molecule has 0 atom stereocenters. The number of hydrogen-bond acceptors (Lipinski definition) is 2. The molecule has 112 valence electrons. The zero-order valence-corrected chi connectivity index (χ0v) is 11.9. The van der Waals surface area contributed by atoms with Gasteiger partial charge in [-0.25, -0.2) is 13.6 Å². The van der Waals surface area contributed by atoms with Crippen molar-refractivity contribution >= 4 is 11.7 Å². The number of halogens is 2. The van der Waals surface area contributed by atoms with Gasteiger partial charge in [0.25, 0.3) is 6.43 Å². The number of hydrogen-bond donors (Lipinski definition) is 2. The maximum atomic E-state index is 12.1. The Hall–Kier alpha value is -1.85. The number of nitrogens with one attached hydrogen (secondary N) is 2. The van der Waals surface area contributed by atoms with E-state index in [0.29, 0.717) is 23.9 Å². The Morgan fingerprint density at radius 3 is 2.65 bits per heavy atom. The molecule has 0 radical (unpaired) electrons. The van der Waals surface area contributed by atoms with Crippen molar-refractivity contribution < 1.29 is 18.3 Å². The Morgan fingerprint density at radius 1 is 1.35 bits per heavy atom. The van der Waals surface area contributed by atoms with Crippen molar-refractivity contribution in [2.24, 2.45) is 5.92 Å². The van der Waals surface area contributed by atoms with Crippen LogP contribution in [0.3, 0.4) is 0 Å². The van der Waals surface area contributed by atoms with Gasteiger partial charge in [-0.15, -0.1) is 0 Å². The molecule has 2 N–H and O–H groups in total. The summed E-state index contributed by atoms with van der Waals surface area (Å²) in [6.07, 6.45) is -2.53. The van der Waals surface area contributed by atoms with Gasteiger partial charge >= 0.3 is 6.03 Å². The summed E-state index contributed by atoms with van der Waals surface area (Å²) in [7, 11) is 0. The summed E-state index contributed by atoms with van der Waals surface area (Å²) in [6.45, 7) is 5.63. The summed E-state index contributed by atoms with van der Waals surface area (Å²) >= 11 is 0. The summed E-state index contributed by atoms with van der Waals surface area (Å²) in [5.41, 5.74) is 1.24. The molecule has 2 amide bonds. The van der Waals surface area contributed by atoms with E-state index in [-0.39, 0.29) is 6.03 Å². The van der Waals surface area contributed by atoms with Gasteiger partial charge in [0.15, 0.2) is 0 Å². The predicted octanol–water partition coefficient (Wildman–Crippen LogP) is 3.42. The summed E-state index contributed by atoms with van der Waals surface area (Å²) in [4.78, 5) is 11.6. The topological polar surface area (TPSA) is 50.4 Å². The lowest BCUT2D eigenvalue weighted by atomic mass is 10.2.